The van der Waals surface area contributed by atoms with E-state index in [4.69, 9.17) is 4.42 Å². The highest BCUT2D eigenvalue weighted by Crippen LogP contribution is 2.37. The van der Waals surface area contributed by atoms with Crippen LogP contribution in [0.25, 0.3) is 22.4 Å². The Morgan fingerprint density at radius 2 is 1.93 bits per heavy atom. The summed E-state index contributed by atoms with van der Waals surface area (Å²) in [5.74, 6) is -0.774. The lowest BCUT2D eigenvalue weighted by molar-refractivity contribution is 0.0964. The second-order valence-electron chi connectivity index (χ2n) is 6.55. The molecule has 1 atom stereocenters. The third-order valence-corrected chi connectivity index (χ3v) is 5.67. The van der Waals surface area contributed by atoms with Gasteiger partial charge in [0.2, 0.25) is 15.7 Å². The molecule has 0 saturated carbocycles. The fourth-order valence-electron chi connectivity index (χ4n) is 2.90. The maximum atomic E-state index is 13.3. The minimum Gasteiger partial charge on any atom is -0.437 e. The lowest BCUT2D eigenvalue weighted by Crippen LogP contribution is -2.27. The van der Waals surface area contributed by atoms with Crippen molar-refractivity contribution in [2.45, 2.75) is 13.0 Å². The number of rotatable bonds is 5. The molecule has 2 heterocycles. The number of carbonyl (C=O) groups is 1. The Morgan fingerprint density at radius 1 is 1.31 bits per heavy atom. The molecule has 0 aliphatic carbocycles. The van der Waals surface area contributed by atoms with Gasteiger partial charge in [0.25, 0.3) is 5.91 Å². The lowest BCUT2D eigenvalue weighted by atomic mass is 10.0. The molecule has 1 aromatic carbocycles. The van der Waals surface area contributed by atoms with Crippen molar-refractivity contribution in [2.24, 2.45) is 0 Å². The third kappa shape index (κ3) is 3.81. The molecule has 154 valence electrons. The average molecular weight is 421 g/mol. The van der Waals surface area contributed by atoms with Crippen molar-refractivity contribution in [2.75, 3.05) is 24.7 Å². The number of sulfonamides is 1. The first-order valence-corrected chi connectivity index (χ1v) is 10.5. The molecule has 0 aliphatic heterocycles. The Hall–Kier alpha value is -2.98. The molecule has 0 fully saturated rings. The zero-order chi connectivity index (χ0) is 21.5. The van der Waals surface area contributed by atoms with Gasteiger partial charge in [-0.15, -0.1) is 0 Å². The summed E-state index contributed by atoms with van der Waals surface area (Å²) in [5.41, 5.74) is 0.816. The highest BCUT2D eigenvalue weighted by Gasteiger charge is 2.27. The average Bonchev–Trinajstić information content (AvgIpc) is 3.03. The van der Waals surface area contributed by atoms with Crippen LogP contribution in [-0.2, 0) is 10.0 Å². The lowest BCUT2D eigenvalue weighted by Gasteiger charge is -2.20. The van der Waals surface area contributed by atoms with Crippen molar-refractivity contribution >= 4 is 32.8 Å². The number of carbonyl (C=O) groups excluding carboxylic acids is 1. The first-order valence-electron chi connectivity index (χ1n) is 8.62. The molecule has 2 N–H and O–H groups in total. The van der Waals surface area contributed by atoms with Crippen molar-refractivity contribution in [3.05, 3.63) is 47.3 Å². The normalized spacial score (nSPS) is 12.8. The van der Waals surface area contributed by atoms with Gasteiger partial charge < -0.3 is 14.8 Å². The number of aromatic nitrogens is 1. The second kappa shape index (κ2) is 7.45. The number of nitrogens with zero attached hydrogens (tertiary/aromatic N) is 2. The van der Waals surface area contributed by atoms with Crippen molar-refractivity contribution in [1.29, 1.82) is 0 Å². The van der Waals surface area contributed by atoms with E-state index in [-0.39, 0.29) is 28.4 Å². The van der Waals surface area contributed by atoms with E-state index in [2.05, 4.69) is 10.3 Å². The molecular formula is C19H20FN3O5S. The number of amides is 1. The highest BCUT2D eigenvalue weighted by atomic mass is 32.2. The smallest absolute Gasteiger partial charge is 0.255 e. The van der Waals surface area contributed by atoms with E-state index in [1.165, 1.54) is 51.4 Å². The van der Waals surface area contributed by atoms with E-state index in [9.17, 15) is 22.7 Å². The van der Waals surface area contributed by atoms with Gasteiger partial charge in [-0.1, -0.05) is 0 Å². The Bertz CT molecular complexity index is 1190. The van der Waals surface area contributed by atoms with Crippen LogP contribution in [0.1, 0.15) is 28.9 Å². The predicted octanol–water partition coefficient (Wildman–Crippen LogP) is 2.44. The first kappa shape index (κ1) is 20.7. The summed E-state index contributed by atoms with van der Waals surface area (Å²) in [6.07, 6.45) is -0.0555. The molecule has 10 heteroatoms. The van der Waals surface area contributed by atoms with Crippen molar-refractivity contribution < 1.29 is 27.1 Å². The van der Waals surface area contributed by atoms with Gasteiger partial charge in [-0.05, 0) is 37.3 Å². The number of nitrogens with one attached hydrogen (secondary N) is 1. The van der Waals surface area contributed by atoms with Gasteiger partial charge in [0.15, 0.2) is 5.82 Å². The number of furan rings is 1. The molecule has 2 aromatic heterocycles. The SMILES string of the molecule is CNC(=O)c1c(-c2ccc(F)cc2)oc2nc(N(C)S(C)(=O)=O)c(C(C)O)cc12. The van der Waals surface area contributed by atoms with Gasteiger partial charge in [0, 0.05) is 25.2 Å². The fraction of sp³-hybridized carbons (Fsp3) is 0.263. The molecule has 3 aromatic rings. The molecule has 0 bridgehead atoms. The molecule has 8 nitrogen and oxygen atoms in total. The number of aliphatic hydroxyl groups is 1. The summed E-state index contributed by atoms with van der Waals surface area (Å²) in [4.78, 5) is 16.8. The Labute approximate surface area is 167 Å². The minimum atomic E-state index is -3.66. The van der Waals surface area contributed by atoms with Crippen molar-refractivity contribution in [3.8, 4) is 11.3 Å². The van der Waals surface area contributed by atoms with Gasteiger partial charge in [0.05, 0.1) is 23.3 Å². The van der Waals surface area contributed by atoms with Crippen LogP contribution in [0, 0.1) is 5.82 Å². The number of benzene rings is 1. The zero-order valence-electron chi connectivity index (χ0n) is 16.2. The Kier molecular flexibility index (Phi) is 5.33. The summed E-state index contributed by atoms with van der Waals surface area (Å²) < 4.78 is 44.0. The molecule has 1 unspecified atom stereocenters. The first-order chi connectivity index (χ1) is 13.5. The van der Waals surface area contributed by atoms with Crippen molar-refractivity contribution in [1.82, 2.24) is 10.3 Å². The summed E-state index contributed by atoms with van der Waals surface area (Å²) in [7, 11) is -0.911. The van der Waals surface area contributed by atoms with E-state index in [0.29, 0.717) is 10.9 Å². The van der Waals surface area contributed by atoms with Gasteiger partial charge >= 0.3 is 0 Å². The van der Waals surface area contributed by atoms with Crippen LogP contribution < -0.4 is 9.62 Å². The molecule has 0 aliphatic rings. The van der Waals surface area contributed by atoms with Crippen LogP contribution >= 0.6 is 0 Å². The third-order valence-electron chi connectivity index (χ3n) is 4.50. The number of anilines is 1. The van der Waals surface area contributed by atoms with Gasteiger partial charge in [-0.2, -0.15) is 4.98 Å². The number of fused-ring (bicyclic) bond motifs is 1. The van der Waals surface area contributed by atoms with E-state index < -0.39 is 27.9 Å². The van der Waals surface area contributed by atoms with E-state index in [1.807, 2.05) is 0 Å². The summed E-state index contributed by atoms with van der Waals surface area (Å²) in [6.45, 7) is 1.46. The summed E-state index contributed by atoms with van der Waals surface area (Å²) in [6, 6.07) is 6.85. The zero-order valence-corrected chi connectivity index (χ0v) is 17.0. The molecule has 29 heavy (non-hydrogen) atoms. The van der Waals surface area contributed by atoms with Crippen LogP contribution in [0.3, 0.4) is 0 Å². The molecule has 3 rings (SSSR count). The molecule has 0 spiro atoms. The number of pyridine rings is 1. The Balaban J connectivity index is 2.37. The summed E-state index contributed by atoms with van der Waals surface area (Å²) >= 11 is 0. The minimum absolute atomic E-state index is 0.0119. The number of hydrogen-bond acceptors (Lipinski definition) is 6. The summed E-state index contributed by atoms with van der Waals surface area (Å²) in [5, 5.41) is 13.0. The molecular weight excluding hydrogens is 401 g/mol. The van der Waals surface area contributed by atoms with E-state index >= 15 is 0 Å². The highest BCUT2D eigenvalue weighted by molar-refractivity contribution is 7.92. The number of halogens is 1. The van der Waals surface area contributed by atoms with Gasteiger partial charge in [0.1, 0.15) is 11.6 Å². The predicted molar refractivity (Wildman–Crippen MR) is 107 cm³/mol. The molecule has 0 radical (unpaired) electrons. The van der Waals surface area contributed by atoms with E-state index in [1.54, 1.807) is 0 Å². The second-order valence-corrected chi connectivity index (χ2v) is 8.57. The van der Waals surface area contributed by atoms with Gasteiger partial charge in [-0.25, -0.2) is 12.8 Å². The van der Waals surface area contributed by atoms with Crippen LogP contribution in [-0.4, -0.2) is 44.8 Å². The maximum Gasteiger partial charge on any atom is 0.255 e. The largest absolute Gasteiger partial charge is 0.437 e. The topological polar surface area (TPSA) is 113 Å². The monoisotopic (exact) mass is 421 g/mol. The molecule has 0 saturated heterocycles. The Morgan fingerprint density at radius 3 is 2.45 bits per heavy atom. The number of hydrogen-bond donors (Lipinski definition) is 2. The van der Waals surface area contributed by atoms with Crippen molar-refractivity contribution in [3.63, 3.8) is 0 Å². The maximum absolute atomic E-state index is 13.3. The quantitative estimate of drug-likeness (QED) is 0.654. The van der Waals surface area contributed by atoms with Gasteiger partial charge in [-0.3, -0.25) is 9.10 Å². The van der Waals surface area contributed by atoms with Crippen LogP contribution in [0.4, 0.5) is 10.2 Å². The standard InChI is InChI=1S/C19H20FN3O5S/c1-10(24)13-9-14-15(18(25)21-2)16(11-5-7-12(20)8-6-11)28-19(14)22-17(13)23(3)29(4,26)27/h5-10,24H,1-4H3,(H,21,25). The van der Waals surface area contributed by atoms with E-state index in [0.717, 1.165) is 10.6 Å². The van der Waals surface area contributed by atoms with Crippen LogP contribution in [0.2, 0.25) is 0 Å². The fourth-order valence-corrected chi connectivity index (χ4v) is 3.36. The van der Waals surface area contributed by atoms with Crippen LogP contribution in [0.5, 0.6) is 0 Å². The van der Waals surface area contributed by atoms with Crippen LogP contribution in [0.15, 0.2) is 34.7 Å². The number of aliphatic hydroxyl groups excluding tert-OH is 1. The molecule has 1 amide bonds.